The zero-order valence-electron chi connectivity index (χ0n) is 15.2. The number of guanidine groups is 1. The number of rotatable bonds is 8. The third-order valence-corrected chi connectivity index (χ3v) is 4.72. The first kappa shape index (κ1) is 19.8. The highest BCUT2D eigenvalue weighted by atomic mass is 32.2. The van der Waals surface area contributed by atoms with Crippen LogP contribution in [0.2, 0.25) is 0 Å². The minimum atomic E-state index is -0.0662. The second-order valence-electron chi connectivity index (χ2n) is 5.81. The van der Waals surface area contributed by atoms with Crippen LogP contribution in [-0.2, 0) is 11.3 Å². The Hall–Kier alpha value is -2.47. The number of hydrogen-bond acceptors (Lipinski definition) is 3. The summed E-state index contributed by atoms with van der Waals surface area (Å²) in [6.45, 7) is 3.63. The van der Waals surface area contributed by atoms with Crippen molar-refractivity contribution in [3.05, 3.63) is 66.2 Å². The summed E-state index contributed by atoms with van der Waals surface area (Å²) in [4.78, 5) is 17.4. The zero-order chi connectivity index (χ0) is 18.6. The van der Waals surface area contributed by atoms with Gasteiger partial charge in [0.05, 0.1) is 6.54 Å². The highest BCUT2D eigenvalue weighted by molar-refractivity contribution is 8.00. The SMILES string of the molecule is CN=C(NCC(=O)NCc1ccccc1)NCC(C)Sc1ccccc1. The van der Waals surface area contributed by atoms with Crippen LogP contribution in [0.25, 0.3) is 0 Å². The molecule has 0 spiro atoms. The van der Waals surface area contributed by atoms with Crippen molar-refractivity contribution >= 4 is 23.6 Å². The molecule has 1 amide bonds. The molecule has 2 rings (SSSR count). The molecule has 0 bridgehead atoms. The molecule has 0 aromatic heterocycles. The number of hydrogen-bond donors (Lipinski definition) is 3. The number of carbonyl (C=O) groups excluding carboxylic acids is 1. The van der Waals surface area contributed by atoms with Gasteiger partial charge >= 0.3 is 0 Å². The molecule has 0 aliphatic heterocycles. The molecule has 0 saturated carbocycles. The molecule has 2 aromatic carbocycles. The van der Waals surface area contributed by atoms with Crippen LogP contribution in [0.4, 0.5) is 0 Å². The van der Waals surface area contributed by atoms with Crippen LogP contribution in [0.15, 0.2) is 70.6 Å². The molecule has 0 aliphatic carbocycles. The lowest BCUT2D eigenvalue weighted by Crippen LogP contribution is -2.44. The number of benzene rings is 2. The number of nitrogens with one attached hydrogen (secondary N) is 3. The average Bonchev–Trinajstić information content (AvgIpc) is 2.68. The fourth-order valence-electron chi connectivity index (χ4n) is 2.26. The van der Waals surface area contributed by atoms with Crippen LogP contribution < -0.4 is 16.0 Å². The van der Waals surface area contributed by atoms with Crippen molar-refractivity contribution in [3.8, 4) is 0 Å². The van der Waals surface area contributed by atoms with Crippen molar-refractivity contribution in [2.24, 2.45) is 4.99 Å². The number of thioether (sulfide) groups is 1. The predicted molar refractivity (Wildman–Crippen MR) is 109 cm³/mol. The van der Waals surface area contributed by atoms with Gasteiger partial charge in [-0.3, -0.25) is 9.79 Å². The summed E-state index contributed by atoms with van der Waals surface area (Å²) >= 11 is 1.80. The van der Waals surface area contributed by atoms with Crippen molar-refractivity contribution in [1.29, 1.82) is 0 Å². The summed E-state index contributed by atoms with van der Waals surface area (Å²) in [6.07, 6.45) is 0. The van der Waals surface area contributed by atoms with Crippen molar-refractivity contribution in [2.75, 3.05) is 20.1 Å². The summed E-state index contributed by atoms with van der Waals surface area (Å²) in [6, 6.07) is 20.1. The molecule has 138 valence electrons. The number of amides is 1. The molecule has 0 heterocycles. The fraction of sp³-hybridized carbons (Fsp3) is 0.300. The molecule has 26 heavy (non-hydrogen) atoms. The molecule has 3 N–H and O–H groups in total. The van der Waals surface area contributed by atoms with Gasteiger partial charge in [-0.1, -0.05) is 55.5 Å². The standard InChI is InChI=1S/C20H26N4OS/c1-16(26-18-11-7-4-8-12-18)13-23-20(21-2)24-15-19(25)22-14-17-9-5-3-6-10-17/h3-12,16H,13-15H2,1-2H3,(H,22,25)(H2,21,23,24). The van der Waals surface area contributed by atoms with E-state index in [4.69, 9.17) is 0 Å². The Labute approximate surface area is 159 Å². The minimum Gasteiger partial charge on any atom is -0.355 e. The molecule has 6 heteroatoms. The van der Waals surface area contributed by atoms with E-state index in [0.717, 1.165) is 12.1 Å². The number of carbonyl (C=O) groups is 1. The Morgan fingerprint density at radius 2 is 1.65 bits per heavy atom. The van der Waals surface area contributed by atoms with E-state index >= 15 is 0 Å². The van der Waals surface area contributed by atoms with E-state index in [1.54, 1.807) is 18.8 Å². The Balaban J connectivity index is 1.66. The maximum absolute atomic E-state index is 12.0. The molecule has 0 aliphatic rings. The van der Waals surface area contributed by atoms with Gasteiger partial charge < -0.3 is 16.0 Å². The maximum Gasteiger partial charge on any atom is 0.239 e. The molecule has 2 aromatic rings. The second kappa shape index (κ2) is 11.2. The van der Waals surface area contributed by atoms with Gasteiger partial charge in [-0.25, -0.2) is 0 Å². The van der Waals surface area contributed by atoms with E-state index in [0.29, 0.717) is 17.8 Å². The smallest absolute Gasteiger partial charge is 0.239 e. The van der Waals surface area contributed by atoms with Crippen molar-refractivity contribution < 1.29 is 4.79 Å². The first-order valence-electron chi connectivity index (χ1n) is 8.64. The summed E-state index contributed by atoms with van der Waals surface area (Å²) in [5.74, 6) is 0.559. The molecular formula is C20H26N4OS. The number of nitrogens with zero attached hydrogens (tertiary/aromatic N) is 1. The second-order valence-corrected chi connectivity index (χ2v) is 7.32. The summed E-state index contributed by atoms with van der Waals surface area (Å²) in [5.41, 5.74) is 1.08. The molecular weight excluding hydrogens is 344 g/mol. The highest BCUT2D eigenvalue weighted by Gasteiger charge is 2.07. The molecule has 1 unspecified atom stereocenters. The lowest BCUT2D eigenvalue weighted by Gasteiger charge is -2.16. The van der Waals surface area contributed by atoms with Gasteiger partial charge in [0.2, 0.25) is 5.91 Å². The Kier molecular flexibility index (Phi) is 8.55. The van der Waals surface area contributed by atoms with Crippen LogP contribution in [-0.4, -0.2) is 37.3 Å². The maximum atomic E-state index is 12.0. The zero-order valence-corrected chi connectivity index (χ0v) is 16.1. The Bertz CT molecular complexity index is 691. The Morgan fingerprint density at radius 3 is 2.31 bits per heavy atom. The van der Waals surface area contributed by atoms with Gasteiger partial charge in [0.1, 0.15) is 0 Å². The topological polar surface area (TPSA) is 65.5 Å². The van der Waals surface area contributed by atoms with Crippen LogP contribution in [0.1, 0.15) is 12.5 Å². The third kappa shape index (κ3) is 7.61. The average molecular weight is 371 g/mol. The van der Waals surface area contributed by atoms with E-state index in [9.17, 15) is 4.79 Å². The van der Waals surface area contributed by atoms with Gasteiger partial charge in [0.15, 0.2) is 5.96 Å². The van der Waals surface area contributed by atoms with Crippen LogP contribution in [0.3, 0.4) is 0 Å². The van der Waals surface area contributed by atoms with Crippen LogP contribution >= 0.6 is 11.8 Å². The first-order valence-corrected chi connectivity index (χ1v) is 9.52. The van der Waals surface area contributed by atoms with E-state index in [1.807, 2.05) is 48.5 Å². The van der Waals surface area contributed by atoms with E-state index in [-0.39, 0.29) is 12.5 Å². The largest absolute Gasteiger partial charge is 0.355 e. The van der Waals surface area contributed by atoms with Crippen molar-refractivity contribution in [2.45, 2.75) is 23.6 Å². The van der Waals surface area contributed by atoms with E-state index < -0.39 is 0 Å². The van der Waals surface area contributed by atoms with Gasteiger partial charge in [-0.05, 0) is 17.7 Å². The minimum absolute atomic E-state index is 0.0662. The molecule has 5 nitrogen and oxygen atoms in total. The van der Waals surface area contributed by atoms with Gasteiger partial charge in [0.25, 0.3) is 0 Å². The van der Waals surface area contributed by atoms with Crippen molar-refractivity contribution in [3.63, 3.8) is 0 Å². The lowest BCUT2D eigenvalue weighted by atomic mass is 10.2. The van der Waals surface area contributed by atoms with E-state index in [1.165, 1.54) is 4.90 Å². The lowest BCUT2D eigenvalue weighted by molar-refractivity contribution is -0.120. The predicted octanol–water partition coefficient (Wildman–Crippen LogP) is 2.65. The molecule has 0 saturated heterocycles. The number of aliphatic imine (C=N–C) groups is 1. The molecule has 0 fully saturated rings. The monoisotopic (exact) mass is 370 g/mol. The fourth-order valence-corrected chi connectivity index (χ4v) is 3.20. The van der Waals surface area contributed by atoms with Crippen LogP contribution in [0, 0.1) is 0 Å². The summed E-state index contributed by atoms with van der Waals surface area (Å²) in [7, 11) is 1.70. The van der Waals surface area contributed by atoms with Crippen molar-refractivity contribution in [1.82, 2.24) is 16.0 Å². The van der Waals surface area contributed by atoms with Gasteiger partial charge in [-0.15, -0.1) is 11.8 Å². The van der Waals surface area contributed by atoms with Crippen LogP contribution in [0.5, 0.6) is 0 Å². The Morgan fingerprint density at radius 1 is 1.00 bits per heavy atom. The highest BCUT2D eigenvalue weighted by Crippen LogP contribution is 2.21. The first-order chi connectivity index (χ1) is 12.7. The molecule has 0 radical (unpaired) electrons. The summed E-state index contributed by atoms with van der Waals surface area (Å²) < 4.78 is 0. The van der Waals surface area contributed by atoms with Gasteiger partial charge in [0, 0.05) is 30.3 Å². The normalized spacial score (nSPS) is 12.3. The quantitative estimate of drug-likeness (QED) is 0.380. The summed E-state index contributed by atoms with van der Waals surface area (Å²) in [5, 5.41) is 9.56. The third-order valence-electron chi connectivity index (χ3n) is 3.61. The van der Waals surface area contributed by atoms with E-state index in [2.05, 4.69) is 40.0 Å². The molecule has 1 atom stereocenters. The van der Waals surface area contributed by atoms with Gasteiger partial charge in [-0.2, -0.15) is 0 Å².